The van der Waals surface area contributed by atoms with Crippen LogP contribution in [0.5, 0.6) is 0 Å². The van der Waals surface area contributed by atoms with Gasteiger partial charge in [0.05, 0.1) is 12.2 Å². The van der Waals surface area contributed by atoms with Gasteiger partial charge in [-0.25, -0.2) is 4.79 Å². The van der Waals surface area contributed by atoms with Gasteiger partial charge in [0.2, 0.25) is 0 Å². The van der Waals surface area contributed by atoms with Crippen LogP contribution in [0.1, 0.15) is 44.5 Å². The van der Waals surface area contributed by atoms with Crippen molar-refractivity contribution in [2.24, 2.45) is 0 Å². The van der Waals surface area contributed by atoms with Crippen LogP contribution in [0.25, 0.3) is 0 Å². The van der Waals surface area contributed by atoms with Gasteiger partial charge in [-0.1, -0.05) is 0 Å². The Morgan fingerprint density at radius 1 is 1.48 bits per heavy atom. The molecule has 3 heterocycles. The Morgan fingerprint density at radius 2 is 2.29 bits per heavy atom. The molecule has 6 nitrogen and oxygen atoms in total. The number of carbonyl (C=O) groups excluding carboxylic acids is 1. The molecule has 3 rings (SSSR count). The maximum Gasteiger partial charge on any atom is 0.410 e. The summed E-state index contributed by atoms with van der Waals surface area (Å²) in [4.78, 5) is 13.9. The highest BCUT2D eigenvalue weighted by Crippen LogP contribution is 2.26. The largest absolute Gasteiger partial charge is 0.444 e. The van der Waals surface area contributed by atoms with Crippen molar-refractivity contribution in [1.82, 2.24) is 20.0 Å². The van der Waals surface area contributed by atoms with Gasteiger partial charge in [-0.05, 0) is 27.2 Å². The van der Waals surface area contributed by atoms with Crippen molar-refractivity contribution in [2.45, 2.75) is 51.8 Å². The zero-order chi connectivity index (χ0) is 15.0. The predicted octanol–water partition coefficient (Wildman–Crippen LogP) is 1.71. The summed E-state index contributed by atoms with van der Waals surface area (Å²) in [5.74, 6) is 0. The van der Waals surface area contributed by atoms with E-state index < -0.39 is 5.60 Å². The van der Waals surface area contributed by atoms with Gasteiger partial charge >= 0.3 is 6.09 Å². The minimum Gasteiger partial charge on any atom is -0.444 e. The number of rotatable bonds is 1. The van der Waals surface area contributed by atoms with Crippen molar-refractivity contribution in [3.05, 3.63) is 17.5 Å². The Hall–Kier alpha value is -1.56. The second kappa shape index (κ2) is 5.33. The Balaban J connectivity index is 1.67. The molecule has 1 aromatic heterocycles. The molecule has 0 aromatic carbocycles. The monoisotopic (exact) mass is 292 g/mol. The molecule has 0 radical (unpaired) electrons. The number of carbonyl (C=O) groups is 1. The summed E-state index contributed by atoms with van der Waals surface area (Å²) in [5.41, 5.74) is 2.17. The topological polar surface area (TPSA) is 59.4 Å². The van der Waals surface area contributed by atoms with Gasteiger partial charge < -0.3 is 15.0 Å². The van der Waals surface area contributed by atoms with Crippen molar-refractivity contribution in [1.29, 1.82) is 0 Å². The third kappa shape index (κ3) is 3.05. The summed E-state index contributed by atoms with van der Waals surface area (Å²) in [5, 5.41) is 7.91. The van der Waals surface area contributed by atoms with Crippen LogP contribution in [0.4, 0.5) is 4.79 Å². The van der Waals surface area contributed by atoms with Gasteiger partial charge in [-0.3, -0.25) is 4.68 Å². The summed E-state index contributed by atoms with van der Waals surface area (Å²) < 4.78 is 7.57. The number of nitrogens with one attached hydrogen (secondary N) is 1. The molecule has 116 valence electrons. The molecule has 1 N–H and O–H groups in total. The van der Waals surface area contributed by atoms with E-state index in [4.69, 9.17) is 4.74 Å². The number of fused-ring (bicyclic) bond motifs is 1. The number of nitrogens with zero attached hydrogens (tertiary/aromatic N) is 3. The Labute approximate surface area is 125 Å². The van der Waals surface area contributed by atoms with Crippen LogP contribution in [-0.4, -0.2) is 46.0 Å². The summed E-state index contributed by atoms with van der Waals surface area (Å²) in [6, 6.07) is 0.277. The molecule has 1 unspecified atom stereocenters. The SMILES string of the molecule is CC(C)(C)OC(=O)N1CCC(n2ncc3c2CCNC3)C1. The molecular weight excluding hydrogens is 268 g/mol. The quantitative estimate of drug-likeness (QED) is 0.856. The highest BCUT2D eigenvalue weighted by atomic mass is 16.6. The Bertz CT molecular complexity index is 532. The molecular formula is C15H24N4O2. The Morgan fingerprint density at radius 3 is 3.05 bits per heavy atom. The molecule has 1 saturated heterocycles. The van der Waals surface area contributed by atoms with Crippen molar-refractivity contribution < 1.29 is 9.53 Å². The standard InChI is InChI=1S/C15H24N4O2/c1-15(2,3)21-14(20)18-7-5-12(10-18)19-13-4-6-16-8-11(13)9-17-19/h9,12,16H,4-8,10H2,1-3H3. The first-order chi connectivity index (χ1) is 9.94. The third-order valence-electron chi connectivity index (χ3n) is 4.00. The summed E-state index contributed by atoms with van der Waals surface area (Å²) >= 11 is 0. The van der Waals surface area contributed by atoms with Crippen LogP contribution >= 0.6 is 0 Å². The highest BCUT2D eigenvalue weighted by Gasteiger charge is 2.32. The van der Waals surface area contributed by atoms with Crippen LogP contribution < -0.4 is 5.32 Å². The van der Waals surface area contributed by atoms with Crippen LogP contribution in [-0.2, 0) is 17.7 Å². The average molecular weight is 292 g/mol. The van der Waals surface area contributed by atoms with E-state index in [0.717, 1.165) is 32.5 Å². The van der Waals surface area contributed by atoms with E-state index >= 15 is 0 Å². The number of hydrogen-bond acceptors (Lipinski definition) is 4. The molecule has 21 heavy (non-hydrogen) atoms. The summed E-state index contributed by atoms with van der Waals surface area (Å²) in [6.07, 6.45) is 3.70. The number of ether oxygens (including phenoxy) is 1. The summed E-state index contributed by atoms with van der Waals surface area (Å²) in [7, 11) is 0. The van der Waals surface area contributed by atoms with Crippen molar-refractivity contribution in [3.63, 3.8) is 0 Å². The second-order valence-electron chi connectivity index (χ2n) is 6.86. The third-order valence-corrected chi connectivity index (χ3v) is 4.00. The molecule has 2 aliphatic rings. The zero-order valence-corrected chi connectivity index (χ0v) is 13.1. The van der Waals surface area contributed by atoms with Crippen LogP contribution in [0.2, 0.25) is 0 Å². The Kier molecular flexibility index (Phi) is 3.65. The second-order valence-corrected chi connectivity index (χ2v) is 6.86. The molecule has 1 aromatic rings. The summed E-state index contributed by atoms with van der Waals surface area (Å²) in [6.45, 7) is 9.03. The maximum atomic E-state index is 12.1. The molecule has 0 bridgehead atoms. The molecule has 1 atom stereocenters. The molecule has 1 amide bonds. The number of hydrogen-bond donors (Lipinski definition) is 1. The lowest BCUT2D eigenvalue weighted by molar-refractivity contribution is 0.0288. The molecule has 6 heteroatoms. The molecule has 0 spiro atoms. The van der Waals surface area contributed by atoms with E-state index in [1.807, 2.05) is 27.0 Å². The van der Waals surface area contributed by atoms with Gasteiger partial charge in [0, 0.05) is 43.9 Å². The smallest absolute Gasteiger partial charge is 0.410 e. The van der Waals surface area contributed by atoms with Gasteiger partial charge in [0.1, 0.15) is 5.60 Å². The van der Waals surface area contributed by atoms with E-state index in [9.17, 15) is 4.79 Å². The zero-order valence-electron chi connectivity index (χ0n) is 13.1. The first kappa shape index (κ1) is 14.4. The van der Waals surface area contributed by atoms with Crippen LogP contribution in [0.15, 0.2) is 6.20 Å². The normalized spacial score (nSPS) is 22.2. The average Bonchev–Trinajstić information content (AvgIpc) is 3.03. The van der Waals surface area contributed by atoms with Gasteiger partial charge in [0.15, 0.2) is 0 Å². The number of aromatic nitrogens is 2. The first-order valence-corrected chi connectivity index (χ1v) is 7.68. The van der Waals surface area contributed by atoms with Crippen molar-refractivity contribution in [3.8, 4) is 0 Å². The fourth-order valence-electron chi connectivity index (χ4n) is 3.02. The minimum absolute atomic E-state index is 0.215. The van der Waals surface area contributed by atoms with Crippen molar-refractivity contribution in [2.75, 3.05) is 19.6 Å². The fourth-order valence-corrected chi connectivity index (χ4v) is 3.02. The lowest BCUT2D eigenvalue weighted by Crippen LogP contribution is -2.35. The van der Waals surface area contributed by atoms with Crippen molar-refractivity contribution >= 4 is 6.09 Å². The maximum absolute atomic E-state index is 12.1. The van der Waals surface area contributed by atoms with Gasteiger partial charge in [0.25, 0.3) is 0 Å². The van der Waals surface area contributed by atoms with Crippen LogP contribution in [0, 0.1) is 0 Å². The lowest BCUT2D eigenvalue weighted by atomic mass is 10.1. The first-order valence-electron chi connectivity index (χ1n) is 7.68. The minimum atomic E-state index is -0.439. The number of amides is 1. The molecule has 0 saturated carbocycles. The van der Waals surface area contributed by atoms with E-state index in [2.05, 4.69) is 15.1 Å². The molecule has 2 aliphatic heterocycles. The van der Waals surface area contributed by atoms with E-state index in [0.29, 0.717) is 6.54 Å². The van der Waals surface area contributed by atoms with E-state index in [1.54, 1.807) is 4.90 Å². The van der Waals surface area contributed by atoms with Gasteiger partial charge in [-0.15, -0.1) is 0 Å². The van der Waals surface area contributed by atoms with Crippen LogP contribution in [0.3, 0.4) is 0 Å². The van der Waals surface area contributed by atoms with Gasteiger partial charge in [-0.2, -0.15) is 5.10 Å². The van der Waals surface area contributed by atoms with E-state index in [-0.39, 0.29) is 12.1 Å². The lowest BCUT2D eigenvalue weighted by Gasteiger charge is -2.24. The fraction of sp³-hybridized carbons (Fsp3) is 0.733. The van der Waals surface area contributed by atoms with E-state index in [1.165, 1.54) is 11.3 Å². The predicted molar refractivity (Wildman–Crippen MR) is 79.1 cm³/mol. The molecule has 0 aliphatic carbocycles. The highest BCUT2D eigenvalue weighted by molar-refractivity contribution is 5.68. The molecule has 1 fully saturated rings. The number of likely N-dealkylation sites (tertiary alicyclic amines) is 1.